The number of aryl methyl sites for hydroxylation is 2. The van der Waals surface area contributed by atoms with Crippen LogP contribution in [-0.2, 0) is 0 Å². The average molecular weight is 277 g/mol. The Morgan fingerprint density at radius 3 is 2.74 bits per heavy atom. The van der Waals surface area contributed by atoms with Crippen LogP contribution < -0.4 is 5.56 Å². The van der Waals surface area contributed by atoms with Crippen molar-refractivity contribution < 1.29 is 0 Å². The lowest BCUT2D eigenvalue weighted by Gasteiger charge is -2.06. The molecule has 0 amide bonds. The highest BCUT2D eigenvalue weighted by Gasteiger charge is 2.16. The quantitative estimate of drug-likeness (QED) is 0.720. The molecule has 0 atom stereocenters. The molecule has 0 radical (unpaired) electrons. The van der Waals surface area contributed by atoms with Gasteiger partial charge in [0.2, 0.25) is 0 Å². The van der Waals surface area contributed by atoms with E-state index in [0.29, 0.717) is 17.2 Å². The Bertz CT molecular complexity index is 817. The van der Waals surface area contributed by atoms with Crippen molar-refractivity contribution in [3.8, 4) is 11.5 Å². The summed E-state index contributed by atoms with van der Waals surface area (Å²) in [5, 5.41) is 14.7. The summed E-state index contributed by atoms with van der Waals surface area (Å²) in [6.07, 6.45) is 0. The summed E-state index contributed by atoms with van der Waals surface area (Å²) in [4.78, 5) is 15.2. The zero-order valence-electron chi connectivity index (χ0n) is 10.2. The first-order valence-corrected chi connectivity index (χ1v) is 5.89. The minimum absolute atomic E-state index is 0.273. The molecule has 0 bridgehead atoms. The Hall–Kier alpha value is -2.28. The van der Waals surface area contributed by atoms with Gasteiger partial charge in [0.05, 0.1) is 5.69 Å². The van der Waals surface area contributed by atoms with Crippen molar-refractivity contribution in [3.63, 3.8) is 0 Å². The fraction of sp³-hybridized carbons (Fsp3) is 0.182. The molecule has 3 aromatic rings. The van der Waals surface area contributed by atoms with Gasteiger partial charge in [-0.05, 0) is 19.9 Å². The van der Waals surface area contributed by atoms with E-state index in [-0.39, 0.29) is 10.7 Å². The topological polar surface area (TPSA) is 88.8 Å². The molecule has 19 heavy (non-hydrogen) atoms. The zero-order chi connectivity index (χ0) is 13.6. The van der Waals surface area contributed by atoms with Crippen LogP contribution in [0.1, 0.15) is 11.4 Å². The maximum atomic E-state index is 11.0. The number of hydrogen-bond acceptors (Lipinski definition) is 5. The molecule has 0 unspecified atom stereocenters. The van der Waals surface area contributed by atoms with Crippen LogP contribution in [0.15, 0.2) is 16.9 Å². The largest absolute Gasteiger partial charge is 0.274 e. The number of nitrogens with one attached hydrogen (secondary N) is 1. The number of aromatic nitrogens is 6. The van der Waals surface area contributed by atoms with Gasteiger partial charge >= 0.3 is 0 Å². The van der Waals surface area contributed by atoms with Gasteiger partial charge in [-0.1, -0.05) is 11.6 Å². The van der Waals surface area contributed by atoms with Crippen LogP contribution in [0, 0.1) is 13.8 Å². The molecule has 3 heterocycles. The van der Waals surface area contributed by atoms with E-state index in [1.54, 1.807) is 10.5 Å². The average Bonchev–Trinajstić information content (AvgIpc) is 2.82. The molecular formula is C11H9ClN6O. The predicted molar refractivity (Wildman–Crippen MR) is 69.1 cm³/mol. The number of rotatable bonds is 1. The van der Waals surface area contributed by atoms with Gasteiger partial charge in [-0.3, -0.25) is 9.20 Å². The van der Waals surface area contributed by atoms with E-state index in [9.17, 15) is 4.79 Å². The molecule has 0 aliphatic rings. The van der Waals surface area contributed by atoms with E-state index in [1.165, 1.54) is 6.07 Å². The third-order valence-corrected chi connectivity index (χ3v) is 3.13. The standard InChI is InChI=1S/C11H9ClN6O/c1-5-6(2)18-10(7-3-4-8(19)15-14-7)16-17-11(18)9(12)13-5/h3-4H,1-2H3,(H,15,19). The van der Waals surface area contributed by atoms with Gasteiger partial charge in [-0.2, -0.15) is 5.10 Å². The molecule has 8 heteroatoms. The molecule has 3 aromatic heterocycles. The number of H-pyrrole nitrogens is 1. The van der Waals surface area contributed by atoms with Crippen molar-refractivity contribution in [3.05, 3.63) is 39.0 Å². The normalized spacial score (nSPS) is 11.1. The van der Waals surface area contributed by atoms with E-state index in [4.69, 9.17) is 11.6 Å². The Morgan fingerprint density at radius 1 is 1.26 bits per heavy atom. The molecule has 0 aromatic carbocycles. The number of halogens is 1. The molecule has 0 saturated heterocycles. The Labute approximate surface area is 112 Å². The van der Waals surface area contributed by atoms with Crippen LogP contribution in [0.4, 0.5) is 0 Å². The molecule has 0 saturated carbocycles. The molecule has 0 aliphatic carbocycles. The summed E-state index contributed by atoms with van der Waals surface area (Å²) in [7, 11) is 0. The molecule has 0 fully saturated rings. The van der Waals surface area contributed by atoms with Crippen molar-refractivity contribution in [2.24, 2.45) is 0 Å². The van der Waals surface area contributed by atoms with Crippen molar-refractivity contribution in [1.29, 1.82) is 0 Å². The first kappa shape index (κ1) is 11.8. The molecule has 1 N–H and O–H groups in total. The summed E-state index contributed by atoms with van der Waals surface area (Å²) < 4.78 is 1.77. The van der Waals surface area contributed by atoms with E-state index in [0.717, 1.165) is 11.4 Å². The van der Waals surface area contributed by atoms with Crippen LogP contribution in [0.3, 0.4) is 0 Å². The summed E-state index contributed by atoms with van der Waals surface area (Å²) >= 11 is 6.05. The van der Waals surface area contributed by atoms with Crippen LogP contribution in [-0.4, -0.2) is 29.8 Å². The second-order valence-corrected chi connectivity index (χ2v) is 4.42. The number of nitrogens with zero attached hydrogens (tertiary/aromatic N) is 5. The monoisotopic (exact) mass is 276 g/mol. The van der Waals surface area contributed by atoms with Crippen molar-refractivity contribution in [2.75, 3.05) is 0 Å². The van der Waals surface area contributed by atoms with E-state index >= 15 is 0 Å². The van der Waals surface area contributed by atoms with Gasteiger partial charge in [0, 0.05) is 11.8 Å². The van der Waals surface area contributed by atoms with E-state index in [1.807, 2.05) is 13.8 Å². The summed E-state index contributed by atoms with van der Waals surface area (Å²) in [6, 6.07) is 2.97. The lowest BCUT2D eigenvalue weighted by Crippen LogP contribution is -2.07. The fourth-order valence-electron chi connectivity index (χ4n) is 1.81. The van der Waals surface area contributed by atoms with Gasteiger partial charge in [0.15, 0.2) is 16.6 Å². The Balaban J connectivity index is 2.37. The van der Waals surface area contributed by atoms with Crippen molar-refractivity contribution in [1.82, 2.24) is 29.8 Å². The van der Waals surface area contributed by atoms with Gasteiger partial charge in [0.1, 0.15) is 5.69 Å². The Kier molecular flexibility index (Phi) is 2.56. The van der Waals surface area contributed by atoms with Crippen LogP contribution in [0.25, 0.3) is 17.2 Å². The predicted octanol–water partition coefficient (Wildman–Crippen LogP) is 1.14. The molecule has 0 spiro atoms. The second-order valence-electron chi connectivity index (χ2n) is 4.06. The lowest BCUT2D eigenvalue weighted by atomic mass is 10.3. The number of hydrogen-bond donors (Lipinski definition) is 1. The van der Waals surface area contributed by atoms with E-state index in [2.05, 4.69) is 25.4 Å². The van der Waals surface area contributed by atoms with Crippen molar-refractivity contribution >= 4 is 17.2 Å². The van der Waals surface area contributed by atoms with Gasteiger partial charge in [0.25, 0.3) is 5.56 Å². The highest BCUT2D eigenvalue weighted by Crippen LogP contribution is 2.22. The smallest absolute Gasteiger partial charge is 0.264 e. The molecular weight excluding hydrogens is 268 g/mol. The molecule has 96 valence electrons. The zero-order valence-corrected chi connectivity index (χ0v) is 10.9. The summed E-state index contributed by atoms with van der Waals surface area (Å²) in [5.41, 5.74) is 2.35. The first-order chi connectivity index (χ1) is 9.08. The fourth-order valence-corrected chi connectivity index (χ4v) is 2.06. The molecule has 3 rings (SSSR count). The maximum Gasteiger partial charge on any atom is 0.264 e. The Morgan fingerprint density at radius 2 is 2.05 bits per heavy atom. The molecule has 0 aliphatic heterocycles. The summed E-state index contributed by atoms with van der Waals surface area (Å²) in [6.45, 7) is 3.74. The summed E-state index contributed by atoms with van der Waals surface area (Å²) in [5.74, 6) is 0.510. The minimum atomic E-state index is -0.273. The third-order valence-electron chi connectivity index (χ3n) is 2.88. The van der Waals surface area contributed by atoms with Crippen LogP contribution >= 0.6 is 11.6 Å². The lowest BCUT2D eigenvalue weighted by molar-refractivity contribution is 0.951. The van der Waals surface area contributed by atoms with Crippen LogP contribution in [0.2, 0.25) is 5.15 Å². The minimum Gasteiger partial charge on any atom is -0.274 e. The maximum absolute atomic E-state index is 11.0. The second kappa shape index (κ2) is 4.13. The highest BCUT2D eigenvalue weighted by atomic mass is 35.5. The number of fused-ring (bicyclic) bond motifs is 1. The number of aromatic amines is 1. The van der Waals surface area contributed by atoms with Crippen LogP contribution in [0.5, 0.6) is 0 Å². The van der Waals surface area contributed by atoms with Crippen molar-refractivity contribution in [2.45, 2.75) is 13.8 Å². The van der Waals surface area contributed by atoms with E-state index < -0.39 is 0 Å². The van der Waals surface area contributed by atoms with Gasteiger partial charge in [-0.15, -0.1) is 10.2 Å². The molecule has 7 nitrogen and oxygen atoms in total. The third kappa shape index (κ3) is 1.78. The van der Waals surface area contributed by atoms with Gasteiger partial charge < -0.3 is 0 Å². The van der Waals surface area contributed by atoms with Gasteiger partial charge in [-0.25, -0.2) is 10.1 Å². The first-order valence-electron chi connectivity index (χ1n) is 5.52. The highest BCUT2D eigenvalue weighted by molar-refractivity contribution is 6.32. The SMILES string of the molecule is Cc1nc(Cl)c2nnc(-c3ccc(=O)[nH]n3)n2c1C.